The SMILES string of the molecule is CC1([SiH3])C=CC=CC1C(=O)S. The third-order valence-corrected chi connectivity index (χ3v) is 3.24. The van der Waals surface area contributed by atoms with Crippen molar-refractivity contribution < 1.29 is 4.79 Å². The van der Waals surface area contributed by atoms with Crippen molar-refractivity contribution in [1.29, 1.82) is 0 Å². The van der Waals surface area contributed by atoms with Crippen LogP contribution < -0.4 is 0 Å². The van der Waals surface area contributed by atoms with Gasteiger partial charge < -0.3 is 0 Å². The van der Waals surface area contributed by atoms with E-state index in [1.165, 1.54) is 0 Å². The van der Waals surface area contributed by atoms with Crippen LogP contribution in [0, 0.1) is 5.92 Å². The minimum absolute atomic E-state index is 0.0116. The van der Waals surface area contributed by atoms with Crippen LogP contribution in [0.5, 0.6) is 0 Å². The largest absolute Gasteiger partial charge is 0.287 e. The van der Waals surface area contributed by atoms with Crippen LogP contribution in [0.3, 0.4) is 0 Å². The molecule has 1 aliphatic carbocycles. The van der Waals surface area contributed by atoms with Crippen LogP contribution in [0.15, 0.2) is 24.3 Å². The molecule has 0 aromatic heterocycles. The van der Waals surface area contributed by atoms with Crippen molar-refractivity contribution in [1.82, 2.24) is 0 Å². The van der Waals surface area contributed by atoms with Crippen molar-refractivity contribution in [3.05, 3.63) is 24.3 Å². The van der Waals surface area contributed by atoms with E-state index in [0.717, 1.165) is 10.2 Å². The van der Waals surface area contributed by atoms with Crippen LogP contribution >= 0.6 is 12.6 Å². The van der Waals surface area contributed by atoms with E-state index in [1.54, 1.807) is 0 Å². The Morgan fingerprint density at radius 2 is 2.27 bits per heavy atom. The third kappa shape index (κ3) is 1.84. The highest BCUT2D eigenvalue weighted by Crippen LogP contribution is 2.37. The smallest absolute Gasteiger partial charge is 0.193 e. The van der Waals surface area contributed by atoms with Gasteiger partial charge in [-0.15, -0.1) is 12.6 Å². The van der Waals surface area contributed by atoms with Crippen LogP contribution in [-0.4, -0.2) is 15.4 Å². The first kappa shape index (κ1) is 8.81. The zero-order valence-electron chi connectivity index (χ0n) is 6.74. The third-order valence-electron chi connectivity index (χ3n) is 2.01. The van der Waals surface area contributed by atoms with Gasteiger partial charge in [-0.3, -0.25) is 4.79 Å². The summed E-state index contributed by atoms with van der Waals surface area (Å²) >= 11 is 3.85. The van der Waals surface area contributed by atoms with Gasteiger partial charge in [0.1, 0.15) is 0 Å². The maximum absolute atomic E-state index is 11.0. The average Bonchev–Trinajstić information content (AvgIpc) is 1.85. The quantitative estimate of drug-likeness (QED) is 0.469. The first-order chi connectivity index (χ1) is 5.04. The second kappa shape index (κ2) is 2.99. The van der Waals surface area contributed by atoms with Gasteiger partial charge in [0.15, 0.2) is 5.12 Å². The lowest BCUT2D eigenvalue weighted by molar-refractivity contribution is -0.113. The molecular formula is C8H12OSSi. The average molecular weight is 184 g/mol. The normalized spacial score (nSPS) is 36.0. The highest BCUT2D eigenvalue weighted by atomic mass is 32.1. The summed E-state index contributed by atoms with van der Waals surface area (Å²) in [5, 5.41) is 0.0382. The first-order valence-corrected chi connectivity index (χ1v) is 5.07. The molecule has 11 heavy (non-hydrogen) atoms. The lowest BCUT2D eigenvalue weighted by atomic mass is 9.90. The van der Waals surface area contributed by atoms with E-state index in [9.17, 15) is 4.79 Å². The number of thiol groups is 1. The summed E-state index contributed by atoms with van der Waals surface area (Å²) in [7, 11) is 0.983. The topological polar surface area (TPSA) is 17.1 Å². The Morgan fingerprint density at radius 3 is 2.64 bits per heavy atom. The molecule has 60 valence electrons. The van der Waals surface area contributed by atoms with Gasteiger partial charge in [0.2, 0.25) is 0 Å². The summed E-state index contributed by atoms with van der Waals surface area (Å²) in [6.45, 7) is 2.10. The van der Waals surface area contributed by atoms with Crippen LogP contribution in [0.2, 0.25) is 5.04 Å². The van der Waals surface area contributed by atoms with Crippen LogP contribution in [0.4, 0.5) is 0 Å². The number of rotatable bonds is 1. The molecule has 0 aromatic rings. The molecule has 2 atom stereocenters. The molecule has 2 unspecified atom stereocenters. The number of carbonyl (C=O) groups excluding carboxylic acids is 1. The van der Waals surface area contributed by atoms with Gasteiger partial charge >= 0.3 is 0 Å². The van der Waals surface area contributed by atoms with Gasteiger partial charge in [0, 0.05) is 10.2 Å². The molecule has 0 aliphatic heterocycles. The van der Waals surface area contributed by atoms with Crippen molar-refractivity contribution >= 4 is 28.0 Å². The predicted molar refractivity (Wildman–Crippen MR) is 54.1 cm³/mol. The summed E-state index contributed by atoms with van der Waals surface area (Å²) in [6, 6.07) is 0. The van der Waals surface area contributed by atoms with Crippen molar-refractivity contribution in [3.8, 4) is 0 Å². The second-order valence-corrected chi connectivity index (χ2v) is 5.98. The number of allylic oxidation sites excluding steroid dienone is 4. The first-order valence-electron chi connectivity index (χ1n) is 3.63. The fourth-order valence-electron chi connectivity index (χ4n) is 1.23. The molecule has 0 aromatic carbocycles. The minimum atomic E-state index is -0.0249. The molecule has 1 rings (SSSR count). The highest BCUT2D eigenvalue weighted by molar-refractivity contribution is 7.96. The van der Waals surface area contributed by atoms with E-state index < -0.39 is 0 Å². The Morgan fingerprint density at radius 1 is 1.64 bits per heavy atom. The second-order valence-electron chi connectivity index (χ2n) is 3.38. The molecule has 0 radical (unpaired) electrons. The molecule has 0 N–H and O–H groups in total. The fraction of sp³-hybridized carbons (Fsp3) is 0.375. The van der Waals surface area contributed by atoms with E-state index in [2.05, 4.69) is 25.6 Å². The van der Waals surface area contributed by atoms with Gasteiger partial charge in [0.25, 0.3) is 0 Å². The molecule has 0 bridgehead atoms. The highest BCUT2D eigenvalue weighted by Gasteiger charge is 2.30. The van der Waals surface area contributed by atoms with Crippen molar-refractivity contribution in [2.24, 2.45) is 5.92 Å². The number of hydrogen-bond donors (Lipinski definition) is 1. The fourth-order valence-corrected chi connectivity index (χ4v) is 2.54. The van der Waals surface area contributed by atoms with Gasteiger partial charge in [-0.2, -0.15) is 0 Å². The molecule has 0 heterocycles. The Balaban J connectivity index is 2.89. The summed E-state index contributed by atoms with van der Waals surface area (Å²) in [6.07, 6.45) is 7.94. The standard InChI is InChI=1S/C8H12OSSi/c1-8(11)5-3-2-4-6(8)7(9)10/h2-6H,1,11H3,(H,9,10). The summed E-state index contributed by atoms with van der Waals surface area (Å²) in [5.74, 6) is -0.0116. The Hall–Kier alpha value is -0.283. The zero-order valence-corrected chi connectivity index (χ0v) is 9.64. The minimum Gasteiger partial charge on any atom is -0.287 e. The summed E-state index contributed by atoms with van der Waals surface area (Å²) in [4.78, 5) is 11.0. The van der Waals surface area contributed by atoms with E-state index in [-0.39, 0.29) is 16.1 Å². The van der Waals surface area contributed by atoms with Gasteiger partial charge in [-0.25, -0.2) is 0 Å². The molecular weight excluding hydrogens is 172 g/mol. The van der Waals surface area contributed by atoms with Crippen LogP contribution in [-0.2, 0) is 4.79 Å². The molecule has 1 aliphatic rings. The van der Waals surface area contributed by atoms with Gasteiger partial charge in [-0.1, -0.05) is 31.2 Å². The monoisotopic (exact) mass is 184 g/mol. The lowest BCUT2D eigenvalue weighted by Crippen LogP contribution is -2.23. The Labute approximate surface area is 75.4 Å². The lowest BCUT2D eigenvalue weighted by Gasteiger charge is -2.28. The van der Waals surface area contributed by atoms with Crippen LogP contribution in [0.25, 0.3) is 0 Å². The van der Waals surface area contributed by atoms with Crippen molar-refractivity contribution in [3.63, 3.8) is 0 Å². The molecule has 0 amide bonds. The maximum Gasteiger partial charge on any atom is 0.193 e. The van der Waals surface area contributed by atoms with Gasteiger partial charge in [-0.05, 0) is 5.04 Å². The van der Waals surface area contributed by atoms with E-state index >= 15 is 0 Å². The van der Waals surface area contributed by atoms with Crippen molar-refractivity contribution in [2.45, 2.75) is 12.0 Å². The molecule has 1 nitrogen and oxygen atoms in total. The molecule has 0 fully saturated rings. The molecule has 3 heteroatoms. The van der Waals surface area contributed by atoms with E-state index in [1.807, 2.05) is 18.2 Å². The molecule has 0 spiro atoms. The predicted octanol–water partition coefficient (Wildman–Crippen LogP) is 0.729. The molecule has 0 saturated carbocycles. The van der Waals surface area contributed by atoms with Crippen molar-refractivity contribution in [2.75, 3.05) is 0 Å². The van der Waals surface area contributed by atoms with E-state index in [4.69, 9.17) is 0 Å². The van der Waals surface area contributed by atoms with E-state index in [0.29, 0.717) is 0 Å². The summed E-state index contributed by atoms with van der Waals surface area (Å²) < 4.78 is 0. The number of carbonyl (C=O) groups is 1. The van der Waals surface area contributed by atoms with Crippen LogP contribution in [0.1, 0.15) is 6.92 Å². The summed E-state index contributed by atoms with van der Waals surface area (Å²) in [5.41, 5.74) is 0. The maximum atomic E-state index is 11.0. The molecule has 0 saturated heterocycles. The Kier molecular flexibility index (Phi) is 2.39. The van der Waals surface area contributed by atoms with Gasteiger partial charge in [0.05, 0.1) is 5.92 Å². The zero-order chi connectivity index (χ0) is 8.48. The number of hydrogen-bond acceptors (Lipinski definition) is 1. The Bertz CT molecular complexity index is 230.